The number of aromatic amines is 1. The Bertz CT molecular complexity index is 895. The van der Waals surface area contributed by atoms with Crippen LogP contribution < -0.4 is 5.32 Å². The number of rotatable bonds is 5. The van der Waals surface area contributed by atoms with Crippen molar-refractivity contribution in [1.82, 2.24) is 25.3 Å². The highest BCUT2D eigenvalue weighted by Gasteiger charge is 2.16. The number of hydrogen-bond acceptors (Lipinski definition) is 3. The minimum absolute atomic E-state index is 0.222. The van der Waals surface area contributed by atoms with Gasteiger partial charge in [0.1, 0.15) is 11.5 Å². The summed E-state index contributed by atoms with van der Waals surface area (Å²) in [6, 6.07) is 7.98. The van der Waals surface area contributed by atoms with Crippen LogP contribution in [0.3, 0.4) is 0 Å². The summed E-state index contributed by atoms with van der Waals surface area (Å²) in [4.78, 5) is 12.2. The Morgan fingerprint density at radius 1 is 1.28 bits per heavy atom. The molecule has 0 saturated heterocycles. The summed E-state index contributed by atoms with van der Waals surface area (Å²) in [5.41, 5.74) is 4.86. The Hall–Kier alpha value is -2.96. The first-order valence-corrected chi connectivity index (χ1v) is 8.04. The molecule has 0 aliphatic rings. The van der Waals surface area contributed by atoms with Crippen molar-refractivity contribution in [3.05, 3.63) is 58.8 Å². The van der Waals surface area contributed by atoms with Crippen LogP contribution in [0, 0.1) is 19.7 Å². The van der Waals surface area contributed by atoms with E-state index in [-0.39, 0.29) is 11.7 Å². The minimum Gasteiger partial charge on any atom is -0.350 e. The van der Waals surface area contributed by atoms with Gasteiger partial charge in [-0.05, 0) is 44.0 Å². The van der Waals surface area contributed by atoms with Crippen LogP contribution in [0.2, 0.25) is 0 Å². The van der Waals surface area contributed by atoms with Crippen molar-refractivity contribution in [3.63, 3.8) is 0 Å². The molecule has 130 valence electrons. The number of amides is 1. The number of hydrogen-bond donors (Lipinski definition) is 2. The largest absolute Gasteiger partial charge is 0.350 e. The molecule has 7 heteroatoms. The van der Waals surface area contributed by atoms with Crippen molar-refractivity contribution < 1.29 is 9.18 Å². The van der Waals surface area contributed by atoms with Gasteiger partial charge in [-0.2, -0.15) is 10.2 Å². The number of halogens is 1. The molecule has 3 aromatic rings. The summed E-state index contributed by atoms with van der Waals surface area (Å²) < 4.78 is 14.7. The summed E-state index contributed by atoms with van der Waals surface area (Å²) in [6.45, 7) is 4.34. The zero-order valence-corrected chi connectivity index (χ0v) is 14.4. The second kappa shape index (κ2) is 6.88. The Kier molecular flexibility index (Phi) is 4.65. The molecular formula is C18H20FN5O. The Balaban J connectivity index is 1.63. The van der Waals surface area contributed by atoms with Crippen LogP contribution >= 0.6 is 0 Å². The van der Waals surface area contributed by atoms with Gasteiger partial charge < -0.3 is 5.32 Å². The van der Waals surface area contributed by atoms with E-state index in [1.165, 1.54) is 12.1 Å². The summed E-state index contributed by atoms with van der Waals surface area (Å²) in [7, 11) is 1.88. The van der Waals surface area contributed by atoms with Crippen molar-refractivity contribution >= 4 is 5.91 Å². The first-order valence-electron chi connectivity index (χ1n) is 8.04. The van der Waals surface area contributed by atoms with E-state index in [1.807, 2.05) is 20.9 Å². The first kappa shape index (κ1) is 16.9. The highest BCUT2D eigenvalue weighted by atomic mass is 19.1. The molecule has 2 N–H and O–H groups in total. The molecule has 2 heterocycles. The molecule has 0 aliphatic carbocycles. The number of aryl methyl sites for hydroxylation is 2. The number of aromatic nitrogens is 4. The minimum atomic E-state index is -0.265. The summed E-state index contributed by atoms with van der Waals surface area (Å²) >= 11 is 0. The van der Waals surface area contributed by atoms with Crippen LogP contribution in [0.5, 0.6) is 0 Å². The topological polar surface area (TPSA) is 75.6 Å². The van der Waals surface area contributed by atoms with Gasteiger partial charge in [0.05, 0.1) is 11.4 Å². The van der Waals surface area contributed by atoms with E-state index >= 15 is 0 Å². The van der Waals surface area contributed by atoms with Gasteiger partial charge >= 0.3 is 0 Å². The molecule has 0 spiro atoms. The normalized spacial score (nSPS) is 10.9. The third-order valence-corrected chi connectivity index (χ3v) is 4.20. The molecule has 1 aromatic carbocycles. The van der Waals surface area contributed by atoms with Gasteiger partial charge in [0.2, 0.25) is 0 Å². The molecule has 0 aliphatic heterocycles. The van der Waals surface area contributed by atoms with Crippen molar-refractivity contribution in [2.45, 2.75) is 20.3 Å². The monoisotopic (exact) mass is 341 g/mol. The number of carbonyl (C=O) groups excluding carboxylic acids is 1. The maximum atomic E-state index is 12.9. The second-order valence-electron chi connectivity index (χ2n) is 5.97. The van der Waals surface area contributed by atoms with Gasteiger partial charge in [-0.1, -0.05) is 12.1 Å². The first-order chi connectivity index (χ1) is 12.0. The zero-order chi connectivity index (χ0) is 18.0. The molecular weight excluding hydrogens is 321 g/mol. The average molecular weight is 341 g/mol. The van der Waals surface area contributed by atoms with Gasteiger partial charge in [-0.15, -0.1) is 0 Å². The van der Waals surface area contributed by atoms with Crippen LogP contribution in [-0.4, -0.2) is 32.4 Å². The zero-order valence-electron chi connectivity index (χ0n) is 14.4. The smallest absolute Gasteiger partial charge is 0.269 e. The molecule has 0 radical (unpaired) electrons. The summed E-state index contributed by atoms with van der Waals surface area (Å²) in [6.07, 6.45) is 0.633. The van der Waals surface area contributed by atoms with Crippen molar-refractivity contribution in [1.29, 1.82) is 0 Å². The summed E-state index contributed by atoms with van der Waals surface area (Å²) in [5, 5.41) is 14.2. The lowest BCUT2D eigenvalue weighted by atomic mass is 10.1. The van der Waals surface area contributed by atoms with E-state index < -0.39 is 0 Å². The SMILES string of the molecule is Cc1nn(C)c(C)c1-c1cc(C(=O)NCCc2ccc(F)cc2)[nH]n1. The number of nitrogens with zero attached hydrogens (tertiary/aromatic N) is 3. The molecule has 0 atom stereocenters. The van der Waals surface area contributed by atoms with Gasteiger partial charge in [0, 0.05) is 24.8 Å². The predicted molar refractivity (Wildman–Crippen MR) is 92.7 cm³/mol. The number of H-pyrrole nitrogens is 1. The lowest BCUT2D eigenvalue weighted by Crippen LogP contribution is -2.26. The van der Waals surface area contributed by atoms with Crippen LogP contribution in [0.4, 0.5) is 4.39 Å². The predicted octanol–water partition coefficient (Wildman–Crippen LogP) is 2.54. The van der Waals surface area contributed by atoms with Crippen LogP contribution in [0.25, 0.3) is 11.3 Å². The Morgan fingerprint density at radius 3 is 2.64 bits per heavy atom. The molecule has 1 amide bonds. The van der Waals surface area contributed by atoms with Gasteiger partial charge in [-0.3, -0.25) is 14.6 Å². The lowest BCUT2D eigenvalue weighted by molar-refractivity contribution is 0.0949. The molecule has 0 unspecified atom stereocenters. The molecule has 25 heavy (non-hydrogen) atoms. The van der Waals surface area contributed by atoms with Crippen molar-refractivity contribution in [3.8, 4) is 11.3 Å². The second-order valence-corrected chi connectivity index (χ2v) is 5.97. The molecule has 6 nitrogen and oxygen atoms in total. The summed E-state index contributed by atoms with van der Waals surface area (Å²) in [5.74, 6) is -0.487. The molecule has 0 saturated carbocycles. The molecule has 2 aromatic heterocycles. The number of benzene rings is 1. The van der Waals surface area contributed by atoms with Crippen molar-refractivity contribution in [2.24, 2.45) is 7.05 Å². The number of carbonyl (C=O) groups is 1. The van der Waals surface area contributed by atoms with E-state index in [0.29, 0.717) is 24.4 Å². The van der Waals surface area contributed by atoms with E-state index in [2.05, 4.69) is 20.6 Å². The maximum absolute atomic E-state index is 12.9. The maximum Gasteiger partial charge on any atom is 0.269 e. The van der Waals surface area contributed by atoms with E-state index in [1.54, 1.807) is 22.9 Å². The van der Waals surface area contributed by atoms with Crippen LogP contribution in [0.1, 0.15) is 27.4 Å². The van der Waals surface area contributed by atoms with Crippen molar-refractivity contribution in [2.75, 3.05) is 6.54 Å². The quantitative estimate of drug-likeness (QED) is 0.749. The van der Waals surface area contributed by atoms with E-state index in [0.717, 1.165) is 22.5 Å². The van der Waals surface area contributed by atoms with E-state index in [9.17, 15) is 9.18 Å². The molecule has 3 rings (SSSR count). The van der Waals surface area contributed by atoms with Crippen LogP contribution in [-0.2, 0) is 13.5 Å². The Labute approximate surface area is 145 Å². The van der Waals surface area contributed by atoms with Gasteiger partial charge in [0.25, 0.3) is 5.91 Å². The molecule has 0 fully saturated rings. The van der Waals surface area contributed by atoms with Gasteiger partial charge in [0.15, 0.2) is 0 Å². The Morgan fingerprint density at radius 2 is 2.00 bits per heavy atom. The fourth-order valence-corrected chi connectivity index (χ4v) is 2.78. The fraction of sp³-hybridized carbons (Fsp3) is 0.278. The molecule has 0 bridgehead atoms. The lowest BCUT2D eigenvalue weighted by Gasteiger charge is -2.03. The van der Waals surface area contributed by atoms with Gasteiger partial charge in [-0.25, -0.2) is 4.39 Å². The fourth-order valence-electron chi connectivity index (χ4n) is 2.78. The highest BCUT2D eigenvalue weighted by Crippen LogP contribution is 2.25. The highest BCUT2D eigenvalue weighted by molar-refractivity contribution is 5.93. The third kappa shape index (κ3) is 3.60. The standard InChI is InChI=1S/C18H20FN5O/c1-11-17(12(2)24(3)23-11)15-10-16(22-21-15)18(25)20-9-8-13-4-6-14(19)7-5-13/h4-7,10H,8-9H2,1-3H3,(H,20,25)(H,21,22). The third-order valence-electron chi connectivity index (χ3n) is 4.20. The van der Waals surface area contributed by atoms with E-state index in [4.69, 9.17) is 0 Å². The van der Waals surface area contributed by atoms with Crippen LogP contribution in [0.15, 0.2) is 30.3 Å². The average Bonchev–Trinajstić information content (AvgIpc) is 3.14. The number of nitrogens with one attached hydrogen (secondary N) is 2.